The Morgan fingerprint density at radius 3 is 2.45 bits per heavy atom. The summed E-state index contributed by atoms with van der Waals surface area (Å²) >= 11 is 0. The van der Waals surface area contributed by atoms with Gasteiger partial charge in [-0.1, -0.05) is 35.5 Å². The smallest absolute Gasteiger partial charge is 0.222 e. The number of nitrogens with two attached hydrogens (primary N) is 1. The number of ether oxygens (including phenoxy) is 1. The van der Waals surface area contributed by atoms with E-state index in [9.17, 15) is 0 Å². The highest BCUT2D eigenvalue weighted by molar-refractivity contribution is 5.70. The topological polar surface area (TPSA) is 61.3 Å². The van der Waals surface area contributed by atoms with Crippen LogP contribution in [0.15, 0.2) is 53.1 Å². The highest BCUT2D eigenvalue weighted by atomic mass is 16.5. The van der Waals surface area contributed by atoms with Crippen molar-refractivity contribution in [2.45, 2.75) is 20.5 Å². The molecule has 112 valence electrons. The van der Waals surface area contributed by atoms with Gasteiger partial charge in [-0.25, -0.2) is 0 Å². The zero-order valence-corrected chi connectivity index (χ0v) is 12.7. The van der Waals surface area contributed by atoms with Crippen LogP contribution in [0.5, 0.6) is 5.75 Å². The lowest BCUT2D eigenvalue weighted by molar-refractivity contribution is 0.307. The minimum absolute atomic E-state index is 0.294. The molecule has 22 heavy (non-hydrogen) atoms. The molecule has 0 atom stereocenters. The van der Waals surface area contributed by atoms with Crippen LogP contribution in [0, 0.1) is 13.8 Å². The molecule has 4 nitrogen and oxygen atoms in total. The quantitative estimate of drug-likeness (QED) is 0.786. The molecule has 2 N–H and O–H groups in total. The molecule has 3 aromatic rings. The predicted molar refractivity (Wildman–Crippen MR) is 86.6 cm³/mol. The molecule has 0 unspecified atom stereocenters. The lowest BCUT2D eigenvalue weighted by Gasteiger charge is -2.13. The molecule has 0 bridgehead atoms. The van der Waals surface area contributed by atoms with E-state index in [0.29, 0.717) is 18.2 Å². The lowest BCUT2D eigenvalue weighted by atomic mass is 10.0. The SMILES string of the molecule is Cc1cc(OCc2ccccc2)c(-c2cc(N)on2)cc1C. The third kappa shape index (κ3) is 2.96. The molecule has 1 aromatic heterocycles. The molecule has 0 fully saturated rings. The van der Waals surface area contributed by atoms with Crippen LogP contribution in [-0.2, 0) is 6.61 Å². The molecular weight excluding hydrogens is 276 g/mol. The summed E-state index contributed by atoms with van der Waals surface area (Å²) < 4.78 is 11.0. The van der Waals surface area contributed by atoms with Gasteiger partial charge in [-0.3, -0.25) is 0 Å². The highest BCUT2D eigenvalue weighted by Crippen LogP contribution is 2.33. The van der Waals surface area contributed by atoms with Gasteiger partial charge >= 0.3 is 0 Å². The van der Waals surface area contributed by atoms with Crippen LogP contribution in [-0.4, -0.2) is 5.16 Å². The van der Waals surface area contributed by atoms with E-state index in [-0.39, 0.29) is 0 Å². The number of rotatable bonds is 4. The number of nitrogens with zero attached hydrogens (tertiary/aromatic N) is 1. The summed E-state index contributed by atoms with van der Waals surface area (Å²) in [6.45, 7) is 4.62. The fourth-order valence-electron chi connectivity index (χ4n) is 2.26. The van der Waals surface area contributed by atoms with E-state index in [0.717, 1.165) is 16.9 Å². The van der Waals surface area contributed by atoms with E-state index >= 15 is 0 Å². The Balaban J connectivity index is 1.93. The van der Waals surface area contributed by atoms with Gasteiger partial charge < -0.3 is 15.0 Å². The van der Waals surface area contributed by atoms with Crippen molar-refractivity contribution in [1.82, 2.24) is 5.16 Å². The molecule has 0 aliphatic heterocycles. The molecule has 0 spiro atoms. The summed E-state index contributed by atoms with van der Waals surface area (Å²) in [6, 6.07) is 15.8. The minimum Gasteiger partial charge on any atom is -0.488 e. The molecule has 0 radical (unpaired) electrons. The average Bonchev–Trinajstić information content (AvgIpc) is 2.95. The van der Waals surface area contributed by atoms with Crippen molar-refractivity contribution < 1.29 is 9.26 Å². The maximum atomic E-state index is 6.00. The van der Waals surface area contributed by atoms with E-state index < -0.39 is 0 Å². The van der Waals surface area contributed by atoms with Gasteiger partial charge in [0, 0.05) is 11.6 Å². The van der Waals surface area contributed by atoms with Gasteiger partial charge in [0.2, 0.25) is 5.88 Å². The minimum atomic E-state index is 0.294. The second-order valence-electron chi connectivity index (χ2n) is 5.32. The number of hydrogen-bond donors (Lipinski definition) is 1. The fraction of sp³-hybridized carbons (Fsp3) is 0.167. The first kappa shape index (κ1) is 14.2. The van der Waals surface area contributed by atoms with Crippen LogP contribution in [0.3, 0.4) is 0 Å². The molecule has 3 rings (SSSR count). The Morgan fingerprint density at radius 1 is 1.05 bits per heavy atom. The van der Waals surface area contributed by atoms with Gasteiger partial charge in [-0.05, 0) is 42.7 Å². The summed E-state index contributed by atoms with van der Waals surface area (Å²) in [5.41, 5.74) is 10.7. The van der Waals surface area contributed by atoms with Crippen molar-refractivity contribution in [3.63, 3.8) is 0 Å². The maximum absolute atomic E-state index is 6.00. The number of aryl methyl sites for hydroxylation is 2. The van der Waals surface area contributed by atoms with Gasteiger partial charge in [0.25, 0.3) is 0 Å². The molecule has 0 amide bonds. The van der Waals surface area contributed by atoms with Gasteiger partial charge in [-0.15, -0.1) is 0 Å². The molecule has 1 heterocycles. The average molecular weight is 294 g/mol. The van der Waals surface area contributed by atoms with E-state index in [4.69, 9.17) is 15.0 Å². The maximum Gasteiger partial charge on any atom is 0.222 e. The van der Waals surface area contributed by atoms with E-state index in [2.05, 4.69) is 19.0 Å². The van der Waals surface area contributed by atoms with Crippen LogP contribution in [0.1, 0.15) is 16.7 Å². The Bertz CT molecular complexity index is 779. The summed E-state index contributed by atoms with van der Waals surface area (Å²) in [4.78, 5) is 0. The molecule has 4 heteroatoms. The monoisotopic (exact) mass is 294 g/mol. The fourth-order valence-corrected chi connectivity index (χ4v) is 2.26. The number of nitrogen functional groups attached to an aromatic ring is 1. The van der Waals surface area contributed by atoms with Crippen molar-refractivity contribution in [3.05, 3.63) is 65.2 Å². The third-order valence-electron chi connectivity index (χ3n) is 3.64. The summed E-state index contributed by atoms with van der Waals surface area (Å²) in [7, 11) is 0. The highest BCUT2D eigenvalue weighted by Gasteiger charge is 2.13. The summed E-state index contributed by atoms with van der Waals surface area (Å²) in [6.07, 6.45) is 0. The van der Waals surface area contributed by atoms with Crippen molar-refractivity contribution in [1.29, 1.82) is 0 Å². The Labute approximate surface area is 129 Å². The molecule has 0 saturated heterocycles. The predicted octanol–water partition coefficient (Wildman–Crippen LogP) is 4.12. The standard InChI is InChI=1S/C18H18N2O2/c1-12-8-15(16-10-18(19)22-20-16)17(9-13(12)2)21-11-14-6-4-3-5-7-14/h3-10H,11,19H2,1-2H3. The largest absolute Gasteiger partial charge is 0.488 e. The van der Waals surface area contributed by atoms with Crippen LogP contribution in [0.4, 0.5) is 5.88 Å². The van der Waals surface area contributed by atoms with Crippen LogP contribution >= 0.6 is 0 Å². The van der Waals surface area contributed by atoms with Gasteiger partial charge in [-0.2, -0.15) is 0 Å². The first-order valence-corrected chi connectivity index (χ1v) is 7.14. The second-order valence-corrected chi connectivity index (χ2v) is 5.32. The van der Waals surface area contributed by atoms with Gasteiger partial charge in [0.15, 0.2) is 0 Å². The zero-order chi connectivity index (χ0) is 15.5. The zero-order valence-electron chi connectivity index (χ0n) is 12.7. The molecular formula is C18H18N2O2. The van der Waals surface area contributed by atoms with Gasteiger partial charge in [0.1, 0.15) is 18.1 Å². The number of anilines is 1. The first-order chi connectivity index (χ1) is 10.6. The number of aromatic nitrogens is 1. The lowest BCUT2D eigenvalue weighted by Crippen LogP contribution is -1.98. The van der Waals surface area contributed by atoms with Crippen LogP contribution in [0.2, 0.25) is 0 Å². The molecule has 0 aliphatic carbocycles. The molecule has 2 aromatic carbocycles. The Kier molecular flexibility index (Phi) is 3.83. The van der Waals surface area contributed by atoms with Gasteiger partial charge in [0.05, 0.1) is 0 Å². The molecule has 0 aliphatic rings. The Hall–Kier alpha value is -2.75. The number of hydrogen-bond acceptors (Lipinski definition) is 4. The third-order valence-corrected chi connectivity index (χ3v) is 3.64. The summed E-state index contributed by atoms with van der Waals surface area (Å²) in [5.74, 6) is 1.07. The second kappa shape index (κ2) is 5.93. The van der Waals surface area contributed by atoms with Crippen LogP contribution in [0.25, 0.3) is 11.3 Å². The van der Waals surface area contributed by atoms with Crippen molar-refractivity contribution in [2.75, 3.05) is 5.73 Å². The normalized spacial score (nSPS) is 10.6. The van der Waals surface area contributed by atoms with Crippen molar-refractivity contribution in [3.8, 4) is 17.0 Å². The number of benzene rings is 2. The summed E-state index contributed by atoms with van der Waals surface area (Å²) in [5, 5.41) is 3.99. The Morgan fingerprint density at radius 2 is 1.77 bits per heavy atom. The van der Waals surface area contributed by atoms with E-state index in [1.165, 1.54) is 11.1 Å². The van der Waals surface area contributed by atoms with Crippen molar-refractivity contribution in [2.24, 2.45) is 0 Å². The van der Waals surface area contributed by atoms with E-state index in [1.54, 1.807) is 6.07 Å². The molecule has 0 saturated carbocycles. The van der Waals surface area contributed by atoms with Crippen molar-refractivity contribution >= 4 is 5.88 Å². The van der Waals surface area contributed by atoms with E-state index in [1.807, 2.05) is 42.5 Å². The first-order valence-electron chi connectivity index (χ1n) is 7.14. The van der Waals surface area contributed by atoms with Crippen LogP contribution < -0.4 is 10.5 Å².